The van der Waals surface area contributed by atoms with Crippen LogP contribution in [0.1, 0.15) is 11.1 Å². The van der Waals surface area contributed by atoms with Crippen LogP contribution in [0, 0.1) is 18.3 Å². The normalized spacial score (nSPS) is 9.83. The molecule has 0 saturated carbocycles. The molecule has 0 aliphatic heterocycles. The molecular weight excluding hydrogens is 240 g/mol. The van der Waals surface area contributed by atoms with Crippen molar-refractivity contribution in [3.8, 4) is 6.07 Å². The highest BCUT2D eigenvalue weighted by atomic mass is 32.2. The highest BCUT2D eigenvalue weighted by Crippen LogP contribution is 2.24. The van der Waals surface area contributed by atoms with E-state index in [1.807, 2.05) is 37.3 Å². The minimum Gasteiger partial charge on any atom is -0.354 e. The Morgan fingerprint density at radius 3 is 2.44 bits per heavy atom. The molecule has 0 saturated heterocycles. The van der Waals surface area contributed by atoms with Gasteiger partial charge in [0.25, 0.3) is 0 Å². The zero-order valence-electron chi connectivity index (χ0n) is 10.4. The van der Waals surface area contributed by atoms with Crippen molar-refractivity contribution in [2.75, 3.05) is 11.6 Å². The maximum atomic E-state index is 9.08. The number of hydrogen-bond donors (Lipinski definition) is 1. The molecule has 2 aromatic rings. The van der Waals surface area contributed by atoms with E-state index in [0.717, 1.165) is 16.9 Å². The molecule has 0 fully saturated rings. The molecule has 2 aromatic carbocycles. The van der Waals surface area contributed by atoms with E-state index in [-0.39, 0.29) is 0 Å². The first kappa shape index (κ1) is 12.5. The van der Waals surface area contributed by atoms with Crippen LogP contribution in [0.25, 0.3) is 0 Å². The summed E-state index contributed by atoms with van der Waals surface area (Å²) >= 11 is 1.71. The van der Waals surface area contributed by atoms with Gasteiger partial charge in [-0.25, -0.2) is 0 Å². The molecule has 1 N–H and O–H groups in total. The molecule has 0 aliphatic carbocycles. The molecule has 0 bridgehead atoms. The van der Waals surface area contributed by atoms with Crippen LogP contribution in [0.15, 0.2) is 47.4 Å². The fourth-order valence-corrected chi connectivity index (χ4v) is 2.10. The first-order valence-corrected chi connectivity index (χ1v) is 6.87. The van der Waals surface area contributed by atoms with Crippen molar-refractivity contribution in [1.29, 1.82) is 5.26 Å². The zero-order chi connectivity index (χ0) is 13.0. The topological polar surface area (TPSA) is 35.8 Å². The lowest BCUT2D eigenvalue weighted by Crippen LogP contribution is -1.94. The molecule has 0 radical (unpaired) electrons. The summed E-state index contributed by atoms with van der Waals surface area (Å²) in [7, 11) is 0. The molecule has 18 heavy (non-hydrogen) atoms. The number of nitriles is 1. The van der Waals surface area contributed by atoms with Gasteiger partial charge in [-0.3, -0.25) is 0 Å². The van der Waals surface area contributed by atoms with Crippen molar-refractivity contribution >= 4 is 23.1 Å². The summed E-state index contributed by atoms with van der Waals surface area (Å²) < 4.78 is 0. The number of benzene rings is 2. The van der Waals surface area contributed by atoms with Crippen molar-refractivity contribution in [2.45, 2.75) is 11.8 Å². The van der Waals surface area contributed by atoms with Crippen molar-refractivity contribution in [2.24, 2.45) is 0 Å². The van der Waals surface area contributed by atoms with E-state index in [0.29, 0.717) is 5.56 Å². The third-order valence-corrected chi connectivity index (χ3v) is 3.41. The molecule has 3 heteroatoms. The van der Waals surface area contributed by atoms with Crippen LogP contribution in [-0.2, 0) is 0 Å². The first-order valence-electron chi connectivity index (χ1n) is 5.65. The van der Waals surface area contributed by atoms with E-state index in [1.54, 1.807) is 11.8 Å². The van der Waals surface area contributed by atoms with E-state index < -0.39 is 0 Å². The predicted molar refractivity (Wildman–Crippen MR) is 77.4 cm³/mol. The van der Waals surface area contributed by atoms with E-state index in [2.05, 4.69) is 29.8 Å². The van der Waals surface area contributed by atoms with Gasteiger partial charge in [0.15, 0.2) is 0 Å². The van der Waals surface area contributed by atoms with Gasteiger partial charge in [-0.1, -0.05) is 6.07 Å². The second-order valence-electron chi connectivity index (χ2n) is 4.01. The Labute approximate surface area is 112 Å². The Hall–Kier alpha value is -1.92. The van der Waals surface area contributed by atoms with Gasteiger partial charge in [0.2, 0.25) is 0 Å². The van der Waals surface area contributed by atoms with Crippen LogP contribution in [0.4, 0.5) is 11.4 Å². The lowest BCUT2D eigenvalue weighted by Gasteiger charge is -2.09. The number of anilines is 2. The van der Waals surface area contributed by atoms with Crippen LogP contribution in [0.5, 0.6) is 0 Å². The monoisotopic (exact) mass is 254 g/mol. The van der Waals surface area contributed by atoms with E-state index in [9.17, 15) is 0 Å². The number of rotatable bonds is 3. The summed E-state index contributed by atoms with van der Waals surface area (Å²) in [5.41, 5.74) is 3.65. The summed E-state index contributed by atoms with van der Waals surface area (Å²) in [6, 6.07) is 16.1. The molecule has 0 spiro atoms. The Morgan fingerprint density at radius 2 is 1.83 bits per heavy atom. The number of nitrogens with zero attached hydrogens (tertiary/aromatic N) is 1. The van der Waals surface area contributed by atoms with Crippen LogP contribution in [0.3, 0.4) is 0 Å². The van der Waals surface area contributed by atoms with Crippen LogP contribution >= 0.6 is 11.8 Å². The average molecular weight is 254 g/mol. The number of nitrogens with one attached hydrogen (secondary N) is 1. The Kier molecular flexibility index (Phi) is 3.91. The molecule has 0 atom stereocenters. The summed E-state index contributed by atoms with van der Waals surface area (Å²) in [4.78, 5) is 1.23. The smallest absolute Gasteiger partial charge is 0.101 e. The molecule has 2 rings (SSSR count). The molecule has 0 heterocycles. The Morgan fingerprint density at radius 1 is 1.11 bits per heavy atom. The molecule has 0 aliphatic rings. The highest BCUT2D eigenvalue weighted by molar-refractivity contribution is 7.98. The minimum atomic E-state index is 0.662. The fourth-order valence-electron chi connectivity index (χ4n) is 1.69. The summed E-state index contributed by atoms with van der Waals surface area (Å²) in [6.45, 7) is 2.02. The third kappa shape index (κ3) is 2.85. The number of aryl methyl sites for hydroxylation is 1. The first-order chi connectivity index (χ1) is 8.72. The molecule has 0 amide bonds. The molecule has 2 nitrogen and oxygen atoms in total. The summed E-state index contributed by atoms with van der Waals surface area (Å²) in [5, 5.41) is 12.4. The minimum absolute atomic E-state index is 0.662. The summed E-state index contributed by atoms with van der Waals surface area (Å²) in [6.07, 6.45) is 2.05. The molecule has 90 valence electrons. The standard InChI is InChI=1S/C15H14N2S/c1-11-3-4-12(10-16)15(9-11)17-13-5-7-14(18-2)8-6-13/h3-9,17H,1-2H3. The maximum absolute atomic E-state index is 9.08. The quantitative estimate of drug-likeness (QED) is 0.828. The Balaban J connectivity index is 2.27. The average Bonchev–Trinajstić information content (AvgIpc) is 2.40. The lowest BCUT2D eigenvalue weighted by atomic mass is 10.1. The van der Waals surface area contributed by atoms with Gasteiger partial charge in [-0.2, -0.15) is 5.26 Å². The van der Waals surface area contributed by atoms with Gasteiger partial charge < -0.3 is 5.32 Å². The van der Waals surface area contributed by atoms with Crippen LogP contribution in [-0.4, -0.2) is 6.26 Å². The second kappa shape index (κ2) is 5.61. The van der Waals surface area contributed by atoms with Crippen molar-refractivity contribution < 1.29 is 0 Å². The fraction of sp³-hybridized carbons (Fsp3) is 0.133. The van der Waals surface area contributed by atoms with E-state index in [1.165, 1.54) is 4.90 Å². The second-order valence-corrected chi connectivity index (χ2v) is 4.89. The molecular formula is C15H14N2S. The van der Waals surface area contributed by atoms with Gasteiger partial charge in [0.1, 0.15) is 6.07 Å². The zero-order valence-corrected chi connectivity index (χ0v) is 11.2. The molecule has 0 unspecified atom stereocenters. The van der Waals surface area contributed by atoms with Gasteiger partial charge in [-0.05, 0) is 55.1 Å². The van der Waals surface area contributed by atoms with Gasteiger partial charge >= 0.3 is 0 Å². The predicted octanol–water partition coefficient (Wildman–Crippen LogP) is 4.33. The van der Waals surface area contributed by atoms with Crippen molar-refractivity contribution in [3.05, 3.63) is 53.6 Å². The van der Waals surface area contributed by atoms with Gasteiger partial charge in [0.05, 0.1) is 11.3 Å². The summed E-state index contributed by atoms with van der Waals surface area (Å²) in [5.74, 6) is 0. The Bertz CT molecular complexity index is 582. The maximum Gasteiger partial charge on any atom is 0.101 e. The van der Waals surface area contributed by atoms with Crippen LogP contribution in [0.2, 0.25) is 0 Å². The lowest BCUT2D eigenvalue weighted by molar-refractivity contribution is 1.40. The van der Waals surface area contributed by atoms with E-state index in [4.69, 9.17) is 5.26 Å². The van der Waals surface area contributed by atoms with Gasteiger partial charge in [-0.15, -0.1) is 11.8 Å². The molecule has 0 aromatic heterocycles. The van der Waals surface area contributed by atoms with Crippen LogP contribution < -0.4 is 5.32 Å². The largest absolute Gasteiger partial charge is 0.354 e. The van der Waals surface area contributed by atoms with E-state index >= 15 is 0 Å². The SMILES string of the molecule is CSc1ccc(Nc2cc(C)ccc2C#N)cc1. The van der Waals surface area contributed by atoms with Crippen molar-refractivity contribution in [1.82, 2.24) is 0 Å². The van der Waals surface area contributed by atoms with Gasteiger partial charge in [0, 0.05) is 10.6 Å². The number of hydrogen-bond acceptors (Lipinski definition) is 3. The number of thioether (sulfide) groups is 1. The van der Waals surface area contributed by atoms with Crippen molar-refractivity contribution in [3.63, 3.8) is 0 Å². The highest BCUT2D eigenvalue weighted by Gasteiger charge is 2.02. The third-order valence-electron chi connectivity index (χ3n) is 2.66.